The summed E-state index contributed by atoms with van der Waals surface area (Å²) in [7, 11) is 1.77. The lowest BCUT2D eigenvalue weighted by molar-refractivity contribution is -0.157. The Morgan fingerprint density at radius 3 is 2.44 bits per heavy atom. The van der Waals surface area contributed by atoms with E-state index in [0.29, 0.717) is 6.04 Å². The Morgan fingerprint density at radius 1 is 1.12 bits per heavy atom. The monoisotopic (exact) mass is 411 g/mol. The van der Waals surface area contributed by atoms with E-state index in [9.17, 15) is 0 Å². The van der Waals surface area contributed by atoms with Crippen molar-refractivity contribution in [3.05, 3.63) is 33.8 Å². The van der Waals surface area contributed by atoms with E-state index >= 15 is 0 Å². The van der Waals surface area contributed by atoms with Crippen molar-refractivity contribution in [2.75, 3.05) is 20.2 Å². The van der Waals surface area contributed by atoms with Crippen molar-refractivity contribution >= 4 is 15.9 Å². The number of fused-ring (bicyclic) bond motifs is 1. The molecule has 1 aliphatic rings. The van der Waals surface area contributed by atoms with Crippen LogP contribution in [0.1, 0.15) is 57.6 Å². The van der Waals surface area contributed by atoms with Crippen LogP contribution >= 0.6 is 15.9 Å². The molecule has 1 aromatic rings. The van der Waals surface area contributed by atoms with E-state index in [1.807, 2.05) is 0 Å². The van der Waals surface area contributed by atoms with Gasteiger partial charge in [-0.2, -0.15) is 0 Å². The van der Waals surface area contributed by atoms with Gasteiger partial charge < -0.3 is 14.4 Å². The smallest absolute Gasteiger partial charge is 0.157 e. The normalized spacial score (nSPS) is 19.2. The molecule has 4 heteroatoms. The summed E-state index contributed by atoms with van der Waals surface area (Å²) in [5, 5.41) is 0. The maximum atomic E-state index is 6.28. The highest BCUT2D eigenvalue weighted by Gasteiger charge is 2.25. The number of hydrogen-bond acceptors (Lipinski definition) is 3. The Labute approximate surface area is 162 Å². The molecule has 0 saturated carbocycles. The van der Waals surface area contributed by atoms with Gasteiger partial charge in [0.2, 0.25) is 0 Å². The molecule has 2 rings (SSSR count). The van der Waals surface area contributed by atoms with Gasteiger partial charge in [0.1, 0.15) is 0 Å². The lowest BCUT2D eigenvalue weighted by Crippen LogP contribution is -2.35. The first-order chi connectivity index (χ1) is 12.1. The highest BCUT2D eigenvalue weighted by atomic mass is 79.9. The molecule has 1 aliphatic carbocycles. The molecule has 0 radical (unpaired) electrons. The van der Waals surface area contributed by atoms with E-state index in [2.05, 4.69) is 59.8 Å². The van der Waals surface area contributed by atoms with Gasteiger partial charge in [-0.15, -0.1) is 0 Å². The van der Waals surface area contributed by atoms with Gasteiger partial charge in [0.15, 0.2) is 6.29 Å². The van der Waals surface area contributed by atoms with E-state index in [1.54, 1.807) is 7.11 Å². The Bertz CT molecular complexity index is 517. The fourth-order valence-electron chi connectivity index (χ4n) is 3.79. The molecule has 3 nitrogen and oxygen atoms in total. The van der Waals surface area contributed by atoms with E-state index in [4.69, 9.17) is 9.47 Å². The summed E-state index contributed by atoms with van der Waals surface area (Å²) >= 11 is 3.56. The molecule has 0 heterocycles. The molecule has 1 aromatic carbocycles. The summed E-state index contributed by atoms with van der Waals surface area (Å²) in [6.45, 7) is 9.21. The summed E-state index contributed by atoms with van der Waals surface area (Å²) in [5.41, 5.74) is 2.81. The van der Waals surface area contributed by atoms with Crippen LogP contribution in [0.25, 0.3) is 0 Å². The van der Waals surface area contributed by atoms with Crippen molar-refractivity contribution in [3.63, 3.8) is 0 Å². The van der Waals surface area contributed by atoms with Crippen LogP contribution in [0.5, 0.6) is 0 Å². The molecule has 0 fully saturated rings. The second-order valence-corrected chi connectivity index (χ2v) is 8.12. The summed E-state index contributed by atoms with van der Waals surface area (Å²) < 4.78 is 13.1. The Balaban J connectivity index is 1.81. The Kier molecular flexibility index (Phi) is 8.91. The maximum Gasteiger partial charge on any atom is 0.157 e. The summed E-state index contributed by atoms with van der Waals surface area (Å²) in [5.74, 6) is 0. The molecule has 0 N–H and O–H groups in total. The molecule has 3 atom stereocenters. The maximum absolute atomic E-state index is 6.28. The van der Waals surface area contributed by atoms with Crippen LogP contribution in [0.2, 0.25) is 0 Å². The van der Waals surface area contributed by atoms with E-state index in [-0.39, 0.29) is 12.4 Å². The van der Waals surface area contributed by atoms with Crippen LogP contribution in [0.15, 0.2) is 22.7 Å². The van der Waals surface area contributed by atoms with Gasteiger partial charge >= 0.3 is 0 Å². The minimum atomic E-state index is -0.102. The van der Waals surface area contributed by atoms with Crippen LogP contribution in [0.4, 0.5) is 0 Å². The topological polar surface area (TPSA) is 21.7 Å². The van der Waals surface area contributed by atoms with Crippen molar-refractivity contribution < 1.29 is 9.47 Å². The van der Waals surface area contributed by atoms with Gasteiger partial charge in [-0.25, -0.2) is 0 Å². The first kappa shape index (κ1) is 20.9. The number of benzene rings is 1. The lowest BCUT2D eigenvalue weighted by atomic mass is 10.1. The van der Waals surface area contributed by atoms with Gasteiger partial charge in [-0.05, 0) is 81.8 Å². The lowest BCUT2D eigenvalue weighted by Gasteiger charge is -2.30. The zero-order valence-corrected chi connectivity index (χ0v) is 17.8. The van der Waals surface area contributed by atoms with E-state index < -0.39 is 0 Å². The van der Waals surface area contributed by atoms with Crippen LogP contribution in [-0.2, 0) is 22.3 Å². The molecule has 0 aliphatic heterocycles. The van der Waals surface area contributed by atoms with E-state index in [1.165, 1.54) is 37.1 Å². The Hall–Kier alpha value is -0.420. The average molecular weight is 412 g/mol. The predicted octanol–water partition coefficient (Wildman–Crippen LogP) is 5.20. The molecule has 142 valence electrons. The highest BCUT2D eigenvalue weighted by molar-refractivity contribution is 9.10. The zero-order chi connectivity index (χ0) is 18.2. The third-order valence-electron chi connectivity index (χ3n) is 5.14. The number of nitrogens with zero attached hydrogens (tertiary/aromatic N) is 1. The summed E-state index contributed by atoms with van der Waals surface area (Å²) in [4.78, 5) is 2.59. The van der Waals surface area contributed by atoms with Crippen molar-refractivity contribution in [1.29, 1.82) is 0 Å². The van der Waals surface area contributed by atoms with E-state index in [0.717, 1.165) is 30.2 Å². The third kappa shape index (κ3) is 6.35. The molecule has 0 spiro atoms. The zero-order valence-electron chi connectivity index (χ0n) is 16.3. The number of methoxy groups -OCH3 is 1. The van der Waals surface area contributed by atoms with Crippen LogP contribution in [0, 0.1) is 0 Å². The van der Waals surface area contributed by atoms with Crippen LogP contribution < -0.4 is 0 Å². The quantitative estimate of drug-likeness (QED) is 0.467. The summed E-state index contributed by atoms with van der Waals surface area (Å²) in [6.07, 6.45) is 6.62. The SMILES string of the molecule is CCCN(CCC)C(C)CCC(OC)OC1Cc2ccc(Br)cc2C1. The molecule has 0 aromatic heterocycles. The van der Waals surface area contributed by atoms with Gasteiger partial charge in [0.05, 0.1) is 6.10 Å². The Morgan fingerprint density at radius 2 is 1.80 bits per heavy atom. The second-order valence-electron chi connectivity index (χ2n) is 7.21. The predicted molar refractivity (Wildman–Crippen MR) is 108 cm³/mol. The number of ether oxygens (including phenoxy) is 2. The number of hydrogen-bond donors (Lipinski definition) is 0. The average Bonchev–Trinajstić information content (AvgIpc) is 2.99. The molecule has 0 amide bonds. The molecule has 3 unspecified atom stereocenters. The van der Waals surface area contributed by atoms with Crippen molar-refractivity contribution in [2.45, 2.75) is 77.7 Å². The first-order valence-electron chi connectivity index (χ1n) is 9.76. The third-order valence-corrected chi connectivity index (χ3v) is 5.63. The largest absolute Gasteiger partial charge is 0.356 e. The second kappa shape index (κ2) is 10.7. The number of rotatable bonds is 11. The van der Waals surface area contributed by atoms with Gasteiger partial charge in [0, 0.05) is 17.6 Å². The van der Waals surface area contributed by atoms with Crippen LogP contribution in [0.3, 0.4) is 0 Å². The first-order valence-corrected chi connectivity index (χ1v) is 10.6. The van der Waals surface area contributed by atoms with Crippen molar-refractivity contribution in [1.82, 2.24) is 4.90 Å². The minimum Gasteiger partial charge on any atom is -0.356 e. The van der Waals surface area contributed by atoms with Gasteiger partial charge in [-0.1, -0.05) is 35.8 Å². The molecular weight excluding hydrogens is 378 g/mol. The molecule has 0 bridgehead atoms. The number of halogens is 1. The fraction of sp³-hybridized carbons (Fsp3) is 0.714. The van der Waals surface area contributed by atoms with Gasteiger partial charge in [0.25, 0.3) is 0 Å². The molecule has 0 saturated heterocycles. The van der Waals surface area contributed by atoms with Crippen molar-refractivity contribution in [3.8, 4) is 0 Å². The van der Waals surface area contributed by atoms with Crippen LogP contribution in [-0.4, -0.2) is 43.5 Å². The molecule has 25 heavy (non-hydrogen) atoms. The minimum absolute atomic E-state index is 0.102. The standard InChI is InChI=1S/C21H34BrNO2/c1-5-11-23(12-6-2)16(3)7-10-21(24-4)25-20-14-17-8-9-19(22)13-18(17)15-20/h8-9,13,16,20-21H,5-7,10-12,14-15H2,1-4H3. The summed E-state index contributed by atoms with van der Waals surface area (Å²) in [6, 6.07) is 7.13. The highest BCUT2D eigenvalue weighted by Crippen LogP contribution is 2.28. The molecular formula is C21H34BrNO2. The van der Waals surface area contributed by atoms with Crippen molar-refractivity contribution in [2.24, 2.45) is 0 Å². The fourth-order valence-corrected chi connectivity index (χ4v) is 4.19. The van der Waals surface area contributed by atoms with Gasteiger partial charge in [-0.3, -0.25) is 0 Å².